The fourth-order valence-electron chi connectivity index (χ4n) is 1.75. The number of hydrogen-bond donors (Lipinski definition) is 1. The van der Waals surface area contributed by atoms with E-state index in [0.717, 1.165) is 19.3 Å². The zero-order chi connectivity index (χ0) is 13.5. The van der Waals surface area contributed by atoms with Crippen molar-refractivity contribution in [1.29, 1.82) is 0 Å². The SMILES string of the molecule is CCCCCC(C)NC(=O)c1cc(F)ccc1Br. The van der Waals surface area contributed by atoms with Gasteiger partial charge < -0.3 is 5.32 Å². The Kier molecular flexibility index (Phi) is 6.33. The number of hydrogen-bond acceptors (Lipinski definition) is 1. The zero-order valence-electron chi connectivity index (χ0n) is 10.8. The highest BCUT2D eigenvalue weighted by Gasteiger charge is 2.13. The first-order chi connectivity index (χ1) is 8.54. The van der Waals surface area contributed by atoms with Crippen molar-refractivity contribution < 1.29 is 9.18 Å². The van der Waals surface area contributed by atoms with Crippen LogP contribution in [-0.2, 0) is 0 Å². The molecule has 0 aliphatic rings. The van der Waals surface area contributed by atoms with E-state index in [9.17, 15) is 9.18 Å². The molecular formula is C14H19BrFNO. The Bertz CT molecular complexity index is 409. The number of nitrogens with one attached hydrogen (secondary N) is 1. The van der Waals surface area contributed by atoms with E-state index in [-0.39, 0.29) is 11.9 Å². The summed E-state index contributed by atoms with van der Waals surface area (Å²) < 4.78 is 13.7. The molecule has 1 rings (SSSR count). The second-order valence-electron chi connectivity index (χ2n) is 4.49. The highest BCUT2D eigenvalue weighted by Crippen LogP contribution is 2.18. The van der Waals surface area contributed by atoms with Gasteiger partial charge in [-0.1, -0.05) is 26.2 Å². The number of amides is 1. The van der Waals surface area contributed by atoms with Crippen LogP contribution in [0.15, 0.2) is 22.7 Å². The second kappa shape index (κ2) is 7.52. The number of benzene rings is 1. The third-order valence-electron chi connectivity index (χ3n) is 2.79. The maximum Gasteiger partial charge on any atom is 0.252 e. The van der Waals surface area contributed by atoms with Gasteiger partial charge in [0.05, 0.1) is 5.56 Å². The molecule has 0 heterocycles. The maximum absolute atomic E-state index is 13.1. The van der Waals surface area contributed by atoms with E-state index in [1.54, 1.807) is 6.07 Å². The van der Waals surface area contributed by atoms with Crippen LogP contribution in [-0.4, -0.2) is 11.9 Å². The highest BCUT2D eigenvalue weighted by molar-refractivity contribution is 9.10. The number of carbonyl (C=O) groups is 1. The van der Waals surface area contributed by atoms with Crippen LogP contribution in [0.5, 0.6) is 0 Å². The molecule has 1 atom stereocenters. The van der Waals surface area contributed by atoms with E-state index in [1.807, 2.05) is 6.92 Å². The minimum Gasteiger partial charge on any atom is -0.350 e. The molecule has 0 saturated carbocycles. The van der Waals surface area contributed by atoms with Crippen LogP contribution < -0.4 is 5.32 Å². The van der Waals surface area contributed by atoms with Crippen LogP contribution in [0.3, 0.4) is 0 Å². The largest absolute Gasteiger partial charge is 0.350 e. The van der Waals surface area contributed by atoms with Crippen LogP contribution in [0.4, 0.5) is 4.39 Å². The predicted octanol–water partition coefficient (Wildman–Crippen LogP) is 4.29. The van der Waals surface area contributed by atoms with E-state index >= 15 is 0 Å². The molecule has 1 amide bonds. The summed E-state index contributed by atoms with van der Waals surface area (Å²) in [5.41, 5.74) is 0.345. The molecule has 1 N–H and O–H groups in total. The number of carbonyl (C=O) groups excluding carboxylic acids is 1. The summed E-state index contributed by atoms with van der Waals surface area (Å²) in [5.74, 6) is -0.632. The van der Waals surface area contributed by atoms with Crippen molar-refractivity contribution in [2.24, 2.45) is 0 Å². The Morgan fingerprint density at radius 2 is 2.17 bits per heavy atom. The lowest BCUT2D eigenvalue weighted by Crippen LogP contribution is -2.32. The van der Waals surface area contributed by atoms with E-state index in [1.165, 1.54) is 18.6 Å². The molecule has 0 fully saturated rings. The summed E-state index contributed by atoms with van der Waals surface area (Å²) in [5, 5.41) is 2.89. The summed E-state index contributed by atoms with van der Waals surface area (Å²) in [6.07, 6.45) is 4.38. The fourth-order valence-corrected chi connectivity index (χ4v) is 2.17. The maximum atomic E-state index is 13.1. The Morgan fingerprint density at radius 1 is 1.44 bits per heavy atom. The summed E-state index contributed by atoms with van der Waals surface area (Å²) >= 11 is 3.26. The average Bonchev–Trinajstić information content (AvgIpc) is 2.32. The van der Waals surface area contributed by atoms with Crippen LogP contribution in [0.25, 0.3) is 0 Å². The lowest BCUT2D eigenvalue weighted by atomic mass is 10.1. The summed E-state index contributed by atoms with van der Waals surface area (Å²) in [7, 11) is 0. The van der Waals surface area contributed by atoms with Gasteiger partial charge in [-0.15, -0.1) is 0 Å². The molecule has 18 heavy (non-hydrogen) atoms. The van der Waals surface area contributed by atoms with Gasteiger partial charge in [-0.3, -0.25) is 4.79 Å². The molecule has 1 aromatic rings. The minimum atomic E-state index is -0.401. The standard InChI is InChI=1S/C14H19BrFNO/c1-3-4-5-6-10(2)17-14(18)12-9-11(16)7-8-13(12)15/h7-10H,3-6H2,1-2H3,(H,17,18). The second-order valence-corrected chi connectivity index (χ2v) is 5.35. The van der Waals surface area contributed by atoms with Crippen molar-refractivity contribution in [2.75, 3.05) is 0 Å². The number of halogens is 2. The third kappa shape index (κ3) is 4.77. The molecule has 1 aromatic carbocycles. The predicted molar refractivity (Wildman–Crippen MR) is 75.2 cm³/mol. The van der Waals surface area contributed by atoms with Crippen molar-refractivity contribution in [3.63, 3.8) is 0 Å². The fraction of sp³-hybridized carbons (Fsp3) is 0.500. The Morgan fingerprint density at radius 3 is 2.83 bits per heavy atom. The number of rotatable bonds is 6. The summed E-state index contributed by atoms with van der Waals surface area (Å²) in [6.45, 7) is 4.12. The molecule has 0 aromatic heterocycles. The lowest BCUT2D eigenvalue weighted by molar-refractivity contribution is 0.0936. The Labute approximate surface area is 116 Å². The molecule has 0 saturated heterocycles. The van der Waals surface area contributed by atoms with Gasteiger partial charge in [-0.25, -0.2) is 4.39 Å². The lowest BCUT2D eigenvalue weighted by Gasteiger charge is -2.14. The normalized spacial score (nSPS) is 12.2. The summed E-state index contributed by atoms with van der Waals surface area (Å²) in [6, 6.07) is 4.23. The van der Waals surface area contributed by atoms with E-state index in [4.69, 9.17) is 0 Å². The molecular weight excluding hydrogens is 297 g/mol. The first-order valence-corrected chi connectivity index (χ1v) is 7.09. The molecule has 1 unspecified atom stereocenters. The zero-order valence-corrected chi connectivity index (χ0v) is 12.4. The molecule has 100 valence electrons. The van der Waals surface area contributed by atoms with Crippen LogP contribution in [0, 0.1) is 5.82 Å². The third-order valence-corrected chi connectivity index (χ3v) is 3.48. The van der Waals surface area contributed by atoms with Gasteiger partial charge in [-0.2, -0.15) is 0 Å². The summed E-state index contributed by atoms with van der Waals surface area (Å²) in [4.78, 5) is 12.0. The van der Waals surface area contributed by atoms with Crippen LogP contribution in [0.1, 0.15) is 49.9 Å². The van der Waals surface area contributed by atoms with Crippen LogP contribution >= 0.6 is 15.9 Å². The van der Waals surface area contributed by atoms with Crippen molar-refractivity contribution in [3.05, 3.63) is 34.1 Å². The topological polar surface area (TPSA) is 29.1 Å². The molecule has 0 bridgehead atoms. The first-order valence-electron chi connectivity index (χ1n) is 6.30. The van der Waals surface area contributed by atoms with Gasteiger partial charge in [0.15, 0.2) is 0 Å². The Hall–Kier alpha value is -0.900. The van der Waals surface area contributed by atoms with Crippen molar-refractivity contribution >= 4 is 21.8 Å². The van der Waals surface area contributed by atoms with Gasteiger partial charge in [0.2, 0.25) is 0 Å². The van der Waals surface area contributed by atoms with Gasteiger partial charge >= 0.3 is 0 Å². The minimum absolute atomic E-state index is 0.110. The molecule has 2 nitrogen and oxygen atoms in total. The number of unbranched alkanes of at least 4 members (excludes halogenated alkanes) is 2. The van der Waals surface area contributed by atoms with E-state index in [2.05, 4.69) is 28.2 Å². The van der Waals surface area contributed by atoms with Gasteiger partial charge in [-0.05, 0) is 47.5 Å². The average molecular weight is 316 g/mol. The smallest absolute Gasteiger partial charge is 0.252 e. The van der Waals surface area contributed by atoms with Gasteiger partial charge in [0.1, 0.15) is 5.82 Å². The van der Waals surface area contributed by atoms with Gasteiger partial charge in [0.25, 0.3) is 5.91 Å². The molecule has 4 heteroatoms. The van der Waals surface area contributed by atoms with E-state index < -0.39 is 5.82 Å². The molecule has 0 aliphatic heterocycles. The van der Waals surface area contributed by atoms with Crippen LogP contribution in [0.2, 0.25) is 0 Å². The van der Waals surface area contributed by atoms with Crippen molar-refractivity contribution in [2.45, 2.75) is 45.6 Å². The Balaban J connectivity index is 2.56. The van der Waals surface area contributed by atoms with E-state index in [0.29, 0.717) is 10.0 Å². The van der Waals surface area contributed by atoms with Crippen molar-refractivity contribution in [1.82, 2.24) is 5.32 Å². The monoisotopic (exact) mass is 315 g/mol. The molecule has 0 aliphatic carbocycles. The highest BCUT2D eigenvalue weighted by atomic mass is 79.9. The quantitative estimate of drug-likeness (QED) is 0.780. The van der Waals surface area contributed by atoms with Gasteiger partial charge in [0, 0.05) is 10.5 Å². The first kappa shape index (κ1) is 15.2. The molecule has 0 radical (unpaired) electrons. The van der Waals surface area contributed by atoms with Crippen molar-refractivity contribution in [3.8, 4) is 0 Å². The molecule has 0 spiro atoms.